The summed E-state index contributed by atoms with van der Waals surface area (Å²) in [7, 11) is 0. The van der Waals surface area contributed by atoms with Crippen LogP contribution in [0.15, 0.2) is 24.3 Å². The van der Waals surface area contributed by atoms with Gasteiger partial charge in [-0.15, -0.1) is 0 Å². The molecule has 0 radical (unpaired) electrons. The maximum absolute atomic E-state index is 12.1. The molecule has 1 amide bonds. The van der Waals surface area contributed by atoms with Crippen molar-refractivity contribution < 1.29 is 14.3 Å². The zero-order valence-corrected chi connectivity index (χ0v) is 12.1. The van der Waals surface area contributed by atoms with Gasteiger partial charge in [-0.25, -0.2) is 0 Å². The van der Waals surface area contributed by atoms with Crippen molar-refractivity contribution in [1.29, 1.82) is 0 Å². The minimum absolute atomic E-state index is 0.0216. The first kappa shape index (κ1) is 14.4. The molecule has 1 aromatic rings. The van der Waals surface area contributed by atoms with Crippen molar-refractivity contribution in [2.75, 3.05) is 26.4 Å². The fraction of sp³-hybridized carbons (Fsp3) is 0.562. The Kier molecular flexibility index (Phi) is 4.72. The Morgan fingerprint density at radius 1 is 1.38 bits per heavy atom. The molecule has 21 heavy (non-hydrogen) atoms. The molecular weight excluding hydrogens is 268 g/mol. The molecule has 0 bridgehead atoms. The zero-order valence-electron chi connectivity index (χ0n) is 12.1. The molecule has 2 aliphatic rings. The molecule has 0 aromatic heterocycles. The van der Waals surface area contributed by atoms with E-state index >= 15 is 0 Å². The van der Waals surface area contributed by atoms with Gasteiger partial charge in [0.15, 0.2) is 0 Å². The number of benzene rings is 1. The summed E-state index contributed by atoms with van der Waals surface area (Å²) in [5.41, 5.74) is 1.02. The summed E-state index contributed by atoms with van der Waals surface area (Å²) in [5, 5.41) is 6.10. The van der Waals surface area contributed by atoms with E-state index in [9.17, 15) is 4.79 Å². The largest absolute Gasteiger partial charge is 0.493 e. The van der Waals surface area contributed by atoms with E-state index in [0.717, 1.165) is 30.4 Å². The molecule has 5 nitrogen and oxygen atoms in total. The van der Waals surface area contributed by atoms with Crippen molar-refractivity contribution >= 4 is 5.91 Å². The van der Waals surface area contributed by atoms with Gasteiger partial charge in [0, 0.05) is 18.7 Å². The number of hydrogen-bond acceptors (Lipinski definition) is 4. The molecule has 1 saturated carbocycles. The number of carbonyl (C=O) groups is 1. The highest BCUT2D eigenvalue weighted by Crippen LogP contribution is 2.30. The number of hydrogen-bond donors (Lipinski definition) is 2. The lowest BCUT2D eigenvalue weighted by Crippen LogP contribution is -2.51. The van der Waals surface area contributed by atoms with E-state index in [2.05, 4.69) is 10.6 Å². The Hall–Kier alpha value is -1.59. The number of nitrogens with one attached hydrogen (secondary N) is 2. The van der Waals surface area contributed by atoms with Crippen LogP contribution < -0.4 is 15.4 Å². The molecule has 1 aromatic carbocycles. The number of carbonyl (C=O) groups excluding carboxylic acids is 1. The summed E-state index contributed by atoms with van der Waals surface area (Å²) in [5.74, 6) is 1.57. The standard InChI is InChI=1S/C16H22N2O3/c19-16(14-11-20-8-7-17-14)18-9-13-3-1-2-4-15(13)21-10-12-5-6-12/h1-4,12,14,17H,5-11H2,(H,18,19). The first-order valence-corrected chi connectivity index (χ1v) is 7.62. The summed E-state index contributed by atoms with van der Waals surface area (Å²) in [6.45, 7) is 3.09. The highest BCUT2D eigenvalue weighted by Gasteiger charge is 2.23. The molecule has 114 valence electrons. The van der Waals surface area contributed by atoms with Crippen LogP contribution in [0.4, 0.5) is 0 Å². The summed E-state index contributed by atoms with van der Waals surface area (Å²) < 4.78 is 11.2. The quantitative estimate of drug-likeness (QED) is 0.823. The molecule has 1 atom stereocenters. The molecule has 1 unspecified atom stereocenters. The first-order chi connectivity index (χ1) is 10.3. The van der Waals surface area contributed by atoms with E-state index < -0.39 is 0 Å². The van der Waals surface area contributed by atoms with Gasteiger partial charge in [0.2, 0.25) is 5.91 Å². The normalized spacial score (nSPS) is 21.8. The van der Waals surface area contributed by atoms with E-state index in [4.69, 9.17) is 9.47 Å². The van der Waals surface area contributed by atoms with Crippen LogP contribution in [0, 0.1) is 5.92 Å². The van der Waals surface area contributed by atoms with Gasteiger partial charge in [-0.3, -0.25) is 4.79 Å². The van der Waals surface area contributed by atoms with E-state index in [-0.39, 0.29) is 11.9 Å². The van der Waals surface area contributed by atoms with Crippen molar-refractivity contribution in [1.82, 2.24) is 10.6 Å². The molecular formula is C16H22N2O3. The van der Waals surface area contributed by atoms with Crippen LogP contribution in [0.2, 0.25) is 0 Å². The molecule has 2 N–H and O–H groups in total. The van der Waals surface area contributed by atoms with Crippen LogP contribution in [0.3, 0.4) is 0 Å². The molecule has 0 spiro atoms. The first-order valence-electron chi connectivity index (χ1n) is 7.62. The van der Waals surface area contributed by atoms with Gasteiger partial charge < -0.3 is 20.1 Å². The van der Waals surface area contributed by atoms with Crippen molar-refractivity contribution in [3.63, 3.8) is 0 Å². The molecule has 1 aliphatic carbocycles. The molecule has 1 heterocycles. The minimum Gasteiger partial charge on any atom is -0.493 e. The van der Waals surface area contributed by atoms with Crippen molar-refractivity contribution in [3.8, 4) is 5.75 Å². The third kappa shape index (κ3) is 4.19. The topological polar surface area (TPSA) is 59.6 Å². The second-order valence-corrected chi connectivity index (χ2v) is 5.66. The third-order valence-electron chi connectivity index (χ3n) is 3.84. The third-order valence-corrected chi connectivity index (χ3v) is 3.84. The monoisotopic (exact) mass is 290 g/mol. The van der Waals surface area contributed by atoms with E-state index in [1.807, 2.05) is 24.3 Å². The molecule has 1 saturated heterocycles. The van der Waals surface area contributed by atoms with Crippen LogP contribution in [0.1, 0.15) is 18.4 Å². The molecule has 1 aliphatic heterocycles. The number of rotatable bonds is 6. The van der Waals surface area contributed by atoms with Crippen molar-refractivity contribution in [2.45, 2.75) is 25.4 Å². The van der Waals surface area contributed by atoms with Crippen LogP contribution in [0.5, 0.6) is 5.75 Å². The predicted octanol–water partition coefficient (Wildman–Crippen LogP) is 1.08. The maximum atomic E-state index is 12.1. The second-order valence-electron chi connectivity index (χ2n) is 5.66. The van der Waals surface area contributed by atoms with Crippen molar-refractivity contribution in [3.05, 3.63) is 29.8 Å². The highest BCUT2D eigenvalue weighted by molar-refractivity contribution is 5.82. The van der Waals surface area contributed by atoms with Gasteiger partial charge >= 0.3 is 0 Å². The lowest BCUT2D eigenvalue weighted by molar-refractivity contribution is -0.126. The minimum atomic E-state index is -0.252. The smallest absolute Gasteiger partial charge is 0.239 e. The summed E-state index contributed by atoms with van der Waals surface area (Å²) in [4.78, 5) is 12.1. The lowest BCUT2D eigenvalue weighted by atomic mass is 10.2. The Bertz CT molecular complexity index is 482. The highest BCUT2D eigenvalue weighted by atomic mass is 16.5. The summed E-state index contributed by atoms with van der Waals surface area (Å²) >= 11 is 0. The van der Waals surface area contributed by atoms with Crippen LogP contribution in [0.25, 0.3) is 0 Å². The Morgan fingerprint density at radius 2 is 2.24 bits per heavy atom. The SMILES string of the molecule is O=C(NCc1ccccc1OCC1CC1)C1COCCN1. The van der Waals surface area contributed by atoms with E-state index in [1.165, 1.54) is 12.8 Å². The lowest BCUT2D eigenvalue weighted by Gasteiger charge is -2.23. The van der Waals surface area contributed by atoms with Crippen molar-refractivity contribution in [2.24, 2.45) is 5.92 Å². The van der Waals surface area contributed by atoms with Gasteiger partial charge in [0.05, 0.1) is 19.8 Å². The summed E-state index contributed by atoms with van der Waals surface area (Å²) in [6.07, 6.45) is 2.54. The fourth-order valence-corrected chi connectivity index (χ4v) is 2.32. The summed E-state index contributed by atoms with van der Waals surface area (Å²) in [6, 6.07) is 7.63. The predicted molar refractivity (Wildman–Crippen MR) is 79.1 cm³/mol. The molecule has 3 rings (SSSR count). The average molecular weight is 290 g/mol. The number of amides is 1. The van der Waals surface area contributed by atoms with Gasteiger partial charge in [0.25, 0.3) is 0 Å². The Morgan fingerprint density at radius 3 is 3.00 bits per heavy atom. The second kappa shape index (κ2) is 6.91. The maximum Gasteiger partial charge on any atom is 0.239 e. The molecule has 2 fully saturated rings. The van der Waals surface area contributed by atoms with Crippen LogP contribution >= 0.6 is 0 Å². The van der Waals surface area contributed by atoms with E-state index in [0.29, 0.717) is 19.8 Å². The Labute approximate surface area is 125 Å². The van der Waals surface area contributed by atoms with Gasteiger partial charge in [0.1, 0.15) is 11.8 Å². The van der Waals surface area contributed by atoms with Gasteiger partial charge in [-0.1, -0.05) is 18.2 Å². The number of para-hydroxylation sites is 1. The fourth-order valence-electron chi connectivity index (χ4n) is 2.32. The van der Waals surface area contributed by atoms with E-state index in [1.54, 1.807) is 0 Å². The Balaban J connectivity index is 1.52. The average Bonchev–Trinajstić information content (AvgIpc) is 3.36. The van der Waals surface area contributed by atoms with Crippen LogP contribution in [-0.2, 0) is 16.1 Å². The van der Waals surface area contributed by atoms with Gasteiger partial charge in [-0.2, -0.15) is 0 Å². The number of morpholine rings is 1. The van der Waals surface area contributed by atoms with Crippen LogP contribution in [-0.4, -0.2) is 38.3 Å². The molecule has 5 heteroatoms. The van der Waals surface area contributed by atoms with Gasteiger partial charge in [-0.05, 0) is 24.8 Å². The zero-order chi connectivity index (χ0) is 14.5. The number of ether oxygens (including phenoxy) is 2.